The number of aryl methyl sites for hydroxylation is 2. The van der Waals surface area contributed by atoms with Gasteiger partial charge in [-0.15, -0.1) is 0 Å². The highest BCUT2D eigenvalue weighted by Crippen LogP contribution is 2.33. The van der Waals surface area contributed by atoms with E-state index in [-0.39, 0.29) is 11.5 Å². The molecule has 0 atom stereocenters. The number of aromatic hydroxyl groups is 2. The van der Waals surface area contributed by atoms with Crippen molar-refractivity contribution in [3.8, 4) is 23.0 Å². The normalized spacial score (nSPS) is 10.7. The molecule has 2 N–H and O–H groups in total. The third-order valence-electron chi connectivity index (χ3n) is 3.91. The second-order valence-corrected chi connectivity index (χ2v) is 5.89. The molecule has 2 aromatic carbocycles. The first-order valence-corrected chi connectivity index (χ1v) is 8.45. The maximum atomic E-state index is 9.72. The summed E-state index contributed by atoms with van der Waals surface area (Å²) in [6, 6.07) is 10.5. The van der Waals surface area contributed by atoms with E-state index in [0.717, 1.165) is 61.2 Å². The second-order valence-electron chi connectivity index (χ2n) is 5.89. The average molecular weight is 314 g/mol. The van der Waals surface area contributed by atoms with Crippen molar-refractivity contribution in [2.24, 2.45) is 0 Å². The van der Waals surface area contributed by atoms with E-state index in [2.05, 4.69) is 13.8 Å². The molecule has 2 aromatic rings. The SMILES string of the molecule is CCCCc1cc(O)ccc1Oc1ccc(O)cc1CCCC. The lowest BCUT2D eigenvalue weighted by Crippen LogP contribution is -1.96. The minimum absolute atomic E-state index is 0.264. The molecule has 0 saturated carbocycles. The van der Waals surface area contributed by atoms with Crippen molar-refractivity contribution in [2.45, 2.75) is 52.4 Å². The zero-order valence-electron chi connectivity index (χ0n) is 14.0. The number of hydrogen-bond donors (Lipinski definition) is 2. The quantitative estimate of drug-likeness (QED) is 0.669. The van der Waals surface area contributed by atoms with Crippen LogP contribution in [0.15, 0.2) is 36.4 Å². The zero-order valence-corrected chi connectivity index (χ0v) is 14.0. The number of phenols is 2. The predicted octanol–water partition coefficient (Wildman–Crippen LogP) is 5.58. The van der Waals surface area contributed by atoms with Crippen molar-refractivity contribution in [3.05, 3.63) is 47.5 Å². The molecule has 0 amide bonds. The molecule has 0 spiro atoms. The van der Waals surface area contributed by atoms with Crippen LogP contribution in [0.5, 0.6) is 23.0 Å². The Kier molecular flexibility index (Phi) is 6.33. The van der Waals surface area contributed by atoms with Crippen LogP contribution in [0.2, 0.25) is 0 Å². The number of hydrogen-bond acceptors (Lipinski definition) is 3. The molecule has 0 fully saturated rings. The van der Waals surface area contributed by atoms with Crippen molar-refractivity contribution in [2.75, 3.05) is 0 Å². The van der Waals surface area contributed by atoms with Gasteiger partial charge in [0.25, 0.3) is 0 Å². The van der Waals surface area contributed by atoms with Crippen LogP contribution in [-0.4, -0.2) is 10.2 Å². The van der Waals surface area contributed by atoms with Crippen LogP contribution in [0.3, 0.4) is 0 Å². The van der Waals surface area contributed by atoms with E-state index in [0.29, 0.717) is 0 Å². The van der Waals surface area contributed by atoms with Gasteiger partial charge in [-0.1, -0.05) is 26.7 Å². The summed E-state index contributed by atoms with van der Waals surface area (Å²) < 4.78 is 6.12. The summed E-state index contributed by atoms with van der Waals surface area (Å²) in [5.41, 5.74) is 2.03. The third kappa shape index (κ3) is 4.92. The van der Waals surface area contributed by atoms with Crippen LogP contribution >= 0.6 is 0 Å². The Hall–Kier alpha value is -2.16. The van der Waals surface area contributed by atoms with Crippen molar-refractivity contribution in [3.63, 3.8) is 0 Å². The Labute approximate surface area is 138 Å². The second kappa shape index (κ2) is 8.47. The highest BCUT2D eigenvalue weighted by atomic mass is 16.5. The van der Waals surface area contributed by atoms with Gasteiger partial charge in [-0.05, 0) is 73.2 Å². The minimum atomic E-state index is 0.264. The summed E-state index contributed by atoms with van der Waals surface area (Å²) >= 11 is 0. The van der Waals surface area contributed by atoms with Gasteiger partial charge in [-0.2, -0.15) is 0 Å². The highest BCUT2D eigenvalue weighted by molar-refractivity contribution is 5.46. The lowest BCUT2D eigenvalue weighted by atomic mass is 10.1. The van der Waals surface area contributed by atoms with Gasteiger partial charge in [-0.25, -0.2) is 0 Å². The first-order valence-electron chi connectivity index (χ1n) is 8.45. The Morgan fingerprint density at radius 1 is 0.739 bits per heavy atom. The van der Waals surface area contributed by atoms with E-state index in [1.54, 1.807) is 24.3 Å². The molecule has 0 aliphatic carbocycles. The number of unbranched alkanes of at least 4 members (excludes halogenated alkanes) is 2. The fourth-order valence-electron chi connectivity index (χ4n) is 2.57. The van der Waals surface area contributed by atoms with Crippen LogP contribution < -0.4 is 4.74 Å². The largest absolute Gasteiger partial charge is 0.508 e. The van der Waals surface area contributed by atoms with E-state index in [4.69, 9.17) is 4.74 Å². The molecular weight excluding hydrogens is 288 g/mol. The van der Waals surface area contributed by atoms with Crippen LogP contribution in [0.1, 0.15) is 50.7 Å². The van der Waals surface area contributed by atoms with Gasteiger partial charge in [0.15, 0.2) is 0 Å². The van der Waals surface area contributed by atoms with Gasteiger partial charge in [-0.3, -0.25) is 0 Å². The molecule has 23 heavy (non-hydrogen) atoms. The standard InChI is InChI=1S/C20H26O3/c1-3-5-7-15-13-17(21)9-11-19(15)23-20-12-10-18(22)14-16(20)8-6-4-2/h9-14,21-22H,3-8H2,1-2H3. The summed E-state index contributed by atoms with van der Waals surface area (Å²) in [5, 5.41) is 19.4. The number of ether oxygens (including phenoxy) is 1. The van der Waals surface area contributed by atoms with Gasteiger partial charge in [0, 0.05) is 0 Å². The van der Waals surface area contributed by atoms with Crippen molar-refractivity contribution < 1.29 is 14.9 Å². The summed E-state index contributed by atoms with van der Waals surface area (Å²) in [4.78, 5) is 0. The first kappa shape index (κ1) is 17.2. The number of benzene rings is 2. The Morgan fingerprint density at radius 2 is 1.17 bits per heavy atom. The Morgan fingerprint density at radius 3 is 1.57 bits per heavy atom. The van der Waals surface area contributed by atoms with Crippen LogP contribution in [-0.2, 0) is 12.8 Å². The molecule has 0 heterocycles. The summed E-state index contributed by atoms with van der Waals surface area (Å²) in [5.74, 6) is 2.08. The third-order valence-corrected chi connectivity index (χ3v) is 3.91. The Balaban J connectivity index is 2.27. The van der Waals surface area contributed by atoms with Crippen LogP contribution in [0.25, 0.3) is 0 Å². The fraction of sp³-hybridized carbons (Fsp3) is 0.400. The summed E-state index contributed by atoms with van der Waals surface area (Å²) in [6.45, 7) is 4.29. The maximum Gasteiger partial charge on any atom is 0.130 e. The molecule has 3 nitrogen and oxygen atoms in total. The van der Waals surface area contributed by atoms with Gasteiger partial charge < -0.3 is 14.9 Å². The van der Waals surface area contributed by atoms with E-state index in [1.165, 1.54) is 0 Å². The van der Waals surface area contributed by atoms with E-state index in [9.17, 15) is 10.2 Å². The lowest BCUT2D eigenvalue weighted by molar-refractivity contribution is 0.449. The van der Waals surface area contributed by atoms with E-state index < -0.39 is 0 Å². The topological polar surface area (TPSA) is 49.7 Å². The molecule has 0 aromatic heterocycles. The fourth-order valence-corrected chi connectivity index (χ4v) is 2.57. The van der Waals surface area contributed by atoms with Crippen LogP contribution in [0, 0.1) is 0 Å². The van der Waals surface area contributed by atoms with Crippen LogP contribution in [0.4, 0.5) is 0 Å². The molecule has 2 rings (SSSR count). The highest BCUT2D eigenvalue weighted by Gasteiger charge is 2.10. The minimum Gasteiger partial charge on any atom is -0.508 e. The molecule has 0 unspecified atom stereocenters. The number of phenolic OH excluding ortho intramolecular Hbond substituents is 2. The van der Waals surface area contributed by atoms with Crippen molar-refractivity contribution in [1.82, 2.24) is 0 Å². The van der Waals surface area contributed by atoms with Gasteiger partial charge >= 0.3 is 0 Å². The summed E-state index contributed by atoms with van der Waals surface area (Å²) in [7, 11) is 0. The van der Waals surface area contributed by atoms with Crippen molar-refractivity contribution >= 4 is 0 Å². The first-order chi connectivity index (χ1) is 11.1. The molecule has 124 valence electrons. The zero-order chi connectivity index (χ0) is 16.7. The lowest BCUT2D eigenvalue weighted by Gasteiger charge is -2.15. The average Bonchev–Trinajstić information content (AvgIpc) is 2.54. The smallest absolute Gasteiger partial charge is 0.130 e. The Bertz CT molecular complexity index is 579. The molecule has 0 aliphatic rings. The maximum absolute atomic E-state index is 9.72. The van der Waals surface area contributed by atoms with Gasteiger partial charge in [0.2, 0.25) is 0 Å². The molecular formula is C20H26O3. The molecule has 0 radical (unpaired) electrons. The molecule has 0 aliphatic heterocycles. The molecule has 3 heteroatoms. The van der Waals surface area contributed by atoms with E-state index >= 15 is 0 Å². The van der Waals surface area contributed by atoms with Crippen molar-refractivity contribution in [1.29, 1.82) is 0 Å². The predicted molar refractivity (Wildman–Crippen MR) is 93.5 cm³/mol. The van der Waals surface area contributed by atoms with Gasteiger partial charge in [0.05, 0.1) is 0 Å². The van der Waals surface area contributed by atoms with Gasteiger partial charge in [0.1, 0.15) is 23.0 Å². The molecule has 0 saturated heterocycles. The summed E-state index contributed by atoms with van der Waals surface area (Å²) in [6.07, 6.45) is 6.05. The van der Waals surface area contributed by atoms with E-state index in [1.807, 2.05) is 12.1 Å². The number of rotatable bonds is 8. The monoisotopic (exact) mass is 314 g/mol. The molecule has 0 bridgehead atoms.